The molecule has 0 aromatic heterocycles. The summed E-state index contributed by atoms with van der Waals surface area (Å²) in [5.41, 5.74) is 2.68. The smallest absolute Gasteiger partial charge is 0.267 e. The molecular formula is C18H18FN3O3S. The first-order chi connectivity index (χ1) is 12.5. The highest BCUT2D eigenvalue weighted by Crippen LogP contribution is 2.21. The van der Waals surface area contributed by atoms with Crippen molar-refractivity contribution >= 4 is 22.1 Å². The normalized spacial score (nSPS) is 15.4. The van der Waals surface area contributed by atoms with E-state index in [2.05, 4.69) is 10.5 Å². The first kappa shape index (κ1) is 18.2. The number of halogens is 1. The molecule has 0 bridgehead atoms. The minimum atomic E-state index is -3.60. The first-order valence-corrected chi connectivity index (χ1v) is 9.60. The fourth-order valence-corrected chi connectivity index (χ4v) is 4.24. The molecule has 1 saturated heterocycles. The molecule has 1 aliphatic heterocycles. The van der Waals surface area contributed by atoms with Gasteiger partial charge in [0.15, 0.2) is 0 Å². The van der Waals surface area contributed by atoms with Gasteiger partial charge in [0.2, 0.25) is 10.0 Å². The summed E-state index contributed by atoms with van der Waals surface area (Å²) in [5.74, 6) is -1.03. The van der Waals surface area contributed by atoms with E-state index < -0.39 is 21.7 Å². The topological polar surface area (TPSA) is 78.8 Å². The van der Waals surface area contributed by atoms with Gasteiger partial charge in [-0.25, -0.2) is 18.2 Å². The number of amides is 1. The van der Waals surface area contributed by atoms with Crippen LogP contribution in [0.1, 0.15) is 28.8 Å². The maximum atomic E-state index is 13.5. The van der Waals surface area contributed by atoms with E-state index in [-0.39, 0.29) is 16.0 Å². The molecular weight excluding hydrogens is 357 g/mol. The highest BCUT2D eigenvalue weighted by atomic mass is 32.2. The van der Waals surface area contributed by atoms with Crippen molar-refractivity contribution < 1.29 is 17.6 Å². The Morgan fingerprint density at radius 1 is 1.12 bits per heavy atom. The molecule has 0 radical (unpaired) electrons. The van der Waals surface area contributed by atoms with E-state index in [9.17, 15) is 17.6 Å². The zero-order chi connectivity index (χ0) is 18.6. The van der Waals surface area contributed by atoms with Gasteiger partial charge in [0.1, 0.15) is 5.82 Å². The second-order valence-electron chi connectivity index (χ2n) is 5.86. The van der Waals surface area contributed by atoms with Crippen LogP contribution in [-0.4, -0.2) is 37.9 Å². The molecule has 0 saturated carbocycles. The molecule has 26 heavy (non-hydrogen) atoms. The summed E-state index contributed by atoms with van der Waals surface area (Å²) >= 11 is 0. The molecule has 1 heterocycles. The van der Waals surface area contributed by atoms with Gasteiger partial charge in [-0.2, -0.15) is 9.41 Å². The minimum Gasteiger partial charge on any atom is -0.267 e. The van der Waals surface area contributed by atoms with Crippen LogP contribution in [0.5, 0.6) is 0 Å². The van der Waals surface area contributed by atoms with Crippen molar-refractivity contribution in [2.45, 2.75) is 17.7 Å². The summed E-state index contributed by atoms with van der Waals surface area (Å²) in [6, 6.07) is 11.8. The largest absolute Gasteiger partial charge is 0.271 e. The molecule has 136 valence electrons. The predicted octanol–water partition coefficient (Wildman–Crippen LogP) is 2.37. The number of hydrogen-bond donors (Lipinski definition) is 1. The fourth-order valence-electron chi connectivity index (χ4n) is 2.68. The minimum absolute atomic E-state index is 0.0742. The van der Waals surface area contributed by atoms with E-state index in [4.69, 9.17) is 0 Å². The molecule has 0 unspecified atom stereocenters. The van der Waals surface area contributed by atoms with Gasteiger partial charge >= 0.3 is 0 Å². The average Bonchev–Trinajstić information content (AvgIpc) is 3.19. The fraction of sp³-hybridized carbons (Fsp3) is 0.222. The number of sulfonamides is 1. The van der Waals surface area contributed by atoms with Crippen molar-refractivity contribution in [2.75, 3.05) is 13.1 Å². The van der Waals surface area contributed by atoms with Gasteiger partial charge in [-0.1, -0.05) is 24.3 Å². The van der Waals surface area contributed by atoms with Crippen molar-refractivity contribution in [2.24, 2.45) is 5.10 Å². The van der Waals surface area contributed by atoms with Crippen molar-refractivity contribution in [3.63, 3.8) is 0 Å². The molecule has 0 spiro atoms. The Balaban J connectivity index is 1.73. The lowest BCUT2D eigenvalue weighted by molar-refractivity contribution is 0.0955. The zero-order valence-electron chi connectivity index (χ0n) is 13.9. The van der Waals surface area contributed by atoms with Crippen molar-refractivity contribution in [3.8, 4) is 0 Å². The lowest BCUT2D eigenvalue weighted by Gasteiger charge is -2.15. The SMILES string of the molecule is O=C(NN=Cc1ccccc1F)c1cccc(S(=O)(=O)N2CCCC2)c1. The summed E-state index contributed by atoms with van der Waals surface area (Å²) in [4.78, 5) is 12.3. The Morgan fingerprint density at radius 3 is 2.58 bits per heavy atom. The van der Waals surface area contributed by atoms with Gasteiger partial charge in [0.05, 0.1) is 11.1 Å². The summed E-state index contributed by atoms with van der Waals surface area (Å²) in [7, 11) is -3.60. The van der Waals surface area contributed by atoms with Crippen molar-refractivity contribution in [3.05, 3.63) is 65.5 Å². The summed E-state index contributed by atoms with van der Waals surface area (Å²) < 4.78 is 40.0. The van der Waals surface area contributed by atoms with Gasteiger partial charge < -0.3 is 0 Å². The number of carbonyl (C=O) groups excluding carboxylic acids is 1. The van der Waals surface area contributed by atoms with Crippen LogP contribution >= 0.6 is 0 Å². The molecule has 2 aromatic carbocycles. The molecule has 1 fully saturated rings. The molecule has 6 nitrogen and oxygen atoms in total. The first-order valence-electron chi connectivity index (χ1n) is 8.16. The zero-order valence-corrected chi connectivity index (χ0v) is 14.7. The van der Waals surface area contributed by atoms with E-state index >= 15 is 0 Å². The highest BCUT2D eigenvalue weighted by Gasteiger charge is 2.27. The van der Waals surface area contributed by atoms with Crippen LogP contribution in [-0.2, 0) is 10.0 Å². The molecule has 8 heteroatoms. The number of nitrogens with one attached hydrogen (secondary N) is 1. The van der Waals surface area contributed by atoms with Crippen molar-refractivity contribution in [1.82, 2.24) is 9.73 Å². The maximum Gasteiger partial charge on any atom is 0.271 e. The van der Waals surface area contributed by atoms with E-state index in [1.54, 1.807) is 12.1 Å². The third kappa shape index (κ3) is 3.97. The lowest BCUT2D eigenvalue weighted by Crippen LogP contribution is -2.28. The molecule has 0 atom stereocenters. The second-order valence-corrected chi connectivity index (χ2v) is 7.80. The van der Waals surface area contributed by atoms with Gasteiger partial charge in [-0.05, 0) is 37.1 Å². The standard InChI is InChI=1S/C18H18FN3O3S/c19-17-9-2-1-6-15(17)13-20-21-18(23)14-7-5-8-16(12-14)26(24,25)22-10-3-4-11-22/h1-2,5-9,12-13H,3-4,10-11H2,(H,21,23). The third-order valence-corrected chi connectivity index (χ3v) is 5.97. The van der Waals surface area contributed by atoms with Gasteiger partial charge in [0.25, 0.3) is 5.91 Å². The number of hydrogen-bond acceptors (Lipinski definition) is 4. The third-order valence-electron chi connectivity index (χ3n) is 4.07. The number of benzene rings is 2. The highest BCUT2D eigenvalue weighted by molar-refractivity contribution is 7.89. The van der Waals surface area contributed by atoms with Gasteiger partial charge in [-0.15, -0.1) is 0 Å². The summed E-state index contributed by atoms with van der Waals surface area (Å²) in [6.45, 7) is 0.984. The quantitative estimate of drug-likeness (QED) is 0.644. The average molecular weight is 375 g/mol. The van der Waals surface area contributed by atoms with Crippen LogP contribution in [0.25, 0.3) is 0 Å². The monoisotopic (exact) mass is 375 g/mol. The number of rotatable bonds is 5. The van der Waals surface area contributed by atoms with Gasteiger partial charge in [0, 0.05) is 24.2 Å². The Morgan fingerprint density at radius 2 is 1.85 bits per heavy atom. The number of hydrazone groups is 1. The van der Waals surface area contributed by atoms with E-state index in [0.717, 1.165) is 12.8 Å². The van der Waals surface area contributed by atoms with Crippen LogP contribution in [0.15, 0.2) is 58.5 Å². The number of carbonyl (C=O) groups is 1. The van der Waals surface area contributed by atoms with E-state index in [1.165, 1.54) is 46.9 Å². The molecule has 1 amide bonds. The Bertz CT molecular complexity index is 938. The molecule has 0 aliphatic carbocycles. The summed E-state index contributed by atoms with van der Waals surface area (Å²) in [6.07, 6.45) is 2.87. The summed E-state index contributed by atoms with van der Waals surface area (Å²) in [5, 5.41) is 3.72. The second kappa shape index (κ2) is 7.76. The number of nitrogens with zero attached hydrogens (tertiary/aromatic N) is 2. The molecule has 2 aromatic rings. The van der Waals surface area contributed by atoms with Crippen LogP contribution in [0.4, 0.5) is 4.39 Å². The van der Waals surface area contributed by atoms with E-state index in [1.807, 2.05) is 0 Å². The Labute approximate surface area is 151 Å². The van der Waals surface area contributed by atoms with Crippen LogP contribution in [0, 0.1) is 5.82 Å². The van der Waals surface area contributed by atoms with E-state index in [0.29, 0.717) is 13.1 Å². The predicted molar refractivity (Wildman–Crippen MR) is 95.9 cm³/mol. The lowest BCUT2D eigenvalue weighted by atomic mass is 10.2. The van der Waals surface area contributed by atoms with Crippen LogP contribution < -0.4 is 5.43 Å². The Hall–Kier alpha value is -2.58. The molecule has 1 aliphatic rings. The molecule has 1 N–H and O–H groups in total. The maximum absolute atomic E-state index is 13.5. The van der Waals surface area contributed by atoms with Crippen LogP contribution in [0.2, 0.25) is 0 Å². The van der Waals surface area contributed by atoms with Crippen molar-refractivity contribution in [1.29, 1.82) is 0 Å². The van der Waals surface area contributed by atoms with Crippen LogP contribution in [0.3, 0.4) is 0 Å². The Kier molecular flexibility index (Phi) is 5.43. The molecule has 3 rings (SSSR count). The van der Waals surface area contributed by atoms with Gasteiger partial charge in [-0.3, -0.25) is 4.79 Å².